The summed E-state index contributed by atoms with van der Waals surface area (Å²) in [4.78, 5) is 4.75. The fourth-order valence-electron chi connectivity index (χ4n) is 2.65. The second-order valence-electron chi connectivity index (χ2n) is 5.15. The van der Waals surface area contributed by atoms with Crippen molar-refractivity contribution in [1.82, 2.24) is 4.98 Å². The van der Waals surface area contributed by atoms with Gasteiger partial charge < -0.3 is 5.32 Å². The molecule has 0 radical (unpaired) electrons. The van der Waals surface area contributed by atoms with Crippen molar-refractivity contribution < 1.29 is 0 Å². The molecule has 2 nitrogen and oxygen atoms in total. The Morgan fingerprint density at radius 3 is 1.82 bits per heavy atom. The van der Waals surface area contributed by atoms with Crippen LogP contribution >= 0.6 is 15.9 Å². The number of pyridine rings is 1. The third kappa shape index (κ3) is 2.34. The van der Waals surface area contributed by atoms with Crippen molar-refractivity contribution in [2.75, 3.05) is 5.32 Å². The molecule has 106 valence electrons. The summed E-state index contributed by atoms with van der Waals surface area (Å²) >= 11 is 3.47. The molecule has 0 spiro atoms. The molecule has 1 aromatic heterocycles. The van der Waals surface area contributed by atoms with Crippen LogP contribution in [0.4, 0.5) is 11.4 Å². The minimum absolute atomic E-state index is 1.00. The summed E-state index contributed by atoms with van der Waals surface area (Å²) < 4.78 is 1.07. The van der Waals surface area contributed by atoms with E-state index in [4.69, 9.17) is 4.98 Å². The van der Waals surface area contributed by atoms with E-state index in [9.17, 15) is 0 Å². The summed E-state index contributed by atoms with van der Waals surface area (Å²) in [5, 5.41) is 5.81. The third-order valence-corrected chi connectivity index (χ3v) is 4.23. The van der Waals surface area contributed by atoms with Crippen LogP contribution in [-0.2, 0) is 0 Å². The van der Waals surface area contributed by atoms with Crippen LogP contribution in [0.2, 0.25) is 0 Å². The van der Waals surface area contributed by atoms with E-state index in [2.05, 4.69) is 57.6 Å². The van der Waals surface area contributed by atoms with Crippen LogP contribution in [0, 0.1) is 0 Å². The predicted molar refractivity (Wildman–Crippen MR) is 96.7 cm³/mol. The van der Waals surface area contributed by atoms with Crippen LogP contribution in [0.5, 0.6) is 0 Å². The molecule has 22 heavy (non-hydrogen) atoms. The molecule has 0 aliphatic heterocycles. The number of para-hydroxylation sites is 2. The molecule has 0 saturated heterocycles. The molecular formula is C19H13BrN2. The summed E-state index contributed by atoms with van der Waals surface area (Å²) in [6.07, 6.45) is 0. The Morgan fingerprint density at radius 1 is 0.682 bits per heavy atom. The van der Waals surface area contributed by atoms with E-state index in [0.717, 1.165) is 37.7 Å². The van der Waals surface area contributed by atoms with Gasteiger partial charge in [-0.3, -0.25) is 0 Å². The van der Waals surface area contributed by atoms with Crippen molar-refractivity contribution in [3.8, 4) is 0 Å². The highest BCUT2D eigenvalue weighted by Crippen LogP contribution is 2.33. The molecule has 0 aliphatic rings. The van der Waals surface area contributed by atoms with Gasteiger partial charge in [0.1, 0.15) is 0 Å². The number of nitrogens with one attached hydrogen (secondary N) is 1. The lowest BCUT2D eigenvalue weighted by atomic mass is 10.1. The lowest BCUT2D eigenvalue weighted by molar-refractivity contribution is 1.48. The summed E-state index contributed by atoms with van der Waals surface area (Å²) in [6, 6.07) is 24.6. The SMILES string of the molecule is Brc1ccc(Nc2c3ccccc3nc3ccccc23)cc1. The number of aromatic nitrogens is 1. The Balaban J connectivity index is 1.97. The number of hydrogen-bond acceptors (Lipinski definition) is 2. The van der Waals surface area contributed by atoms with E-state index in [0.29, 0.717) is 0 Å². The molecule has 3 heteroatoms. The van der Waals surface area contributed by atoms with Gasteiger partial charge in [0.25, 0.3) is 0 Å². The Morgan fingerprint density at radius 2 is 1.23 bits per heavy atom. The third-order valence-electron chi connectivity index (χ3n) is 3.70. The Hall–Kier alpha value is -2.39. The summed E-state index contributed by atoms with van der Waals surface area (Å²) in [6.45, 7) is 0. The molecule has 1 N–H and O–H groups in total. The van der Waals surface area contributed by atoms with Crippen molar-refractivity contribution in [2.45, 2.75) is 0 Å². The molecule has 1 heterocycles. The first-order valence-electron chi connectivity index (χ1n) is 7.11. The molecule has 0 saturated carbocycles. The van der Waals surface area contributed by atoms with E-state index in [1.165, 1.54) is 0 Å². The summed E-state index contributed by atoms with van der Waals surface area (Å²) in [7, 11) is 0. The number of anilines is 2. The molecule has 0 aliphatic carbocycles. The number of benzene rings is 3. The maximum atomic E-state index is 4.75. The first-order chi connectivity index (χ1) is 10.8. The largest absolute Gasteiger partial charge is 0.354 e. The molecule has 4 aromatic rings. The molecule has 0 amide bonds. The van der Waals surface area contributed by atoms with Gasteiger partial charge in [0, 0.05) is 20.9 Å². The van der Waals surface area contributed by atoms with E-state index >= 15 is 0 Å². The number of nitrogens with zero attached hydrogens (tertiary/aromatic N) is 1. The second-order valence-corrected chi connectivity index (χ2v) is 6.07. The van der Waals surface area contributed by atoms with Crippen LogP contribution in [0.3, 0.4) is 0 Å². The topological polar surface area (TPSA) is 24.9 Å². The molecule has 3 aromatic carbocycles. The van der Waals surface area contributed by atoms with Crippen LogP contribution in [0.1, 0.15) is 0 Å². The van der Waals surface area contributed by atoms with Crippen LogP contribution in [0.15, 0.2) is 77.3 Å². The van der Waals surface area contributed by atoms with Crippen molar-refractivity contribution >= 4 is 49.1 Å². The lowest BCUT2D eigenvalue weighted by Crippen LogP contribution is -1.95. The van der Waals surface area contributed by atoms with E-state index in [-0.39, 0.29) is 0 Å². The average Bonchev–Trinajstić information content (AvgIpc) is 2.56. The highest BCUT2D eigenvalue weighted by molar-refractivity contribution is 9.10. The normalized spacial score (nSPS) is 11.0. The average molecular weight is 349 g/mol. The predicted octanol–water partition coefficient (Wildman–Crippen LogP) is 5.89. The van der Waals surface area contributed by atoms with Crippen molar-refractivity contribution in [1.29, 1.82) is 0 Å². The lowest BCUT2D eigenvalue weighted by Gasteiger charge is -2.13. The van der Waals surface area contributed by atoms with Crippen LogP contribution in [0.25, 0.3) is 21.8 Å². The molecule has 0 atom stereocenters. The summed E-state index contributed by atoms with van der Waals surface area (Å²) in [5.41, 5.74) is 4.16. The molecular weight excluding hydrogens is 336 g/mol. The van der Waals surface area contributed by atoms with E-state index in [1.807, 2.05) is 36.4 Å². The number of rotatable bonds is 2. The highest BCUT2D eigenvalue weighted by atomic mass is 79.9. The first kappa shape index (κ1) is 13.3. The smallest absolute Gasteiger partial charge is 0.0730 e. The van der Waals surface area contributed by atoms with Gasteiger partial charge in [-0.1, -0.05) is 52.3 Å². The quantitative estimate of drug-likeness (QED) is 0.456. The number of fused-ring (bicyclic) bond motifs is 2. The fraction of sp³-hybridized carbons (Fsp3) is 0. The fourth-order valence-corrected chi connectivity index (χ4v) is 2.92. The Kier molecular flexibility index (Phi) is 3.28. The monoisotopic (exact) mass is 348 g/mol. The second kappa shape index (κ2) is 5.43. The minimum Gasteiger partial charge on any atom is -0.354 e. The van der Waals surface area contributed by atoms with Gasteiger partial charge in [0.2, 0.25) is 0 Å². The maximum Gasteiger partial charge on any atom is 0.0730 e. The highest BCUT2D eigenvalue weighted by Gasteiger charge is 2.08. The first-order valence-corrected chi connectivity index (χ1v) is 7.91. The van der Waals surface area contributed by atoms with Crippen molar-refractivity contribution in [2.24, 2.45) is 0 Å². The van der Waals surface area contributed by atoms with Gasteiger partial charge >= 0.3 is 0 Å². The molecule has 0 unspecified atom stereocenters. The van der Waals surface area contributed by atoms with Crippen LogP contribution < -0.4 is 5.32 Å². The Bertz CT molecular complexity index is 908. The van der Waals surface area contributed by atoms with Gasteiger partial charge in [0.05, 0.1) is 16.7 Å². The van der Waals surface area contributed by atoms with Gasteiger partial charge in [-0.2, -0.15) is 0 Å². The van der Waals surface area contributed by atoms with Gasteiger partial charge in [0.15, 0.2) is 0 Å². The van der Waals surface area contributed by atoms with Crippen LogP contribution in [-0.4, -0.2) is 4.98 Å². The molecule has 4 rings (SSSR count). The van der Waals surface area contributed by atoms with Gasteiger partial charge in [-0.05, 0) is 36.4 Å². The van der Waals surface area contributed by atoms with Crippen molar-refractivity contribution in [3.63, 3.8) is 0 Å². The Labute approximate surface area is 136 Å². The molecule has 0 fully saturated rings. The number of hydrogen-bond donors (Lipinski definition) is 1. The standard InChI is InChI=1S/C19H13BrN2/c20-13-9-11-14(12-10-13)21-19-15-5-1-3-7-17(15)22-18-8-4-2-6-16(18)19/h1-12H,(H,21,22). The van der Waals surface area contributed by atoms with Gasteiger partial charge in [-0.15, -0.1) is 0 Å². The van der Waals surface area contributed by atoms with Gasteiger partial charge in [-0.25, -0.2) is 4.98 Å². The van der Waals surface area contributed by atoms with E-state index in [1.54, 1.807) is 0 Å². The molecule has 0 bridgehead atoms. The minimum atomic E-state index is 1.00. The van der Waals surface area contributed by atoms with Crippen molar-refractivity contribution in [3.05, 3.63) is 77.3 Å². The van der Waals surface area contributed by atoms with E-state index < -0.39 is 0 Å². The zero-order valence-electron chi connectivity index (χ0n) is 11.8. The summed E-state index contributed by atoms with van der Waals surface area (Å²) in [5.74, 6) is 0. The maximum absolute atomic E-state index is 4.75. The number of halogens is 1. The zero-order valence-corrected chi connectivity index (χ0v) is 13.3. The zero-order chi connectivity index (χ0) is 14.9.